The number of para-hydroxylation sites is 2. The highest BCUT2D eigenvalue weighted by Crippen LogP contribution is 2.03. The molecule has 0 saturated heterocycles. The van der Waals surface area contributed by atoms with Crippen LogP contribution in [-0.4, -0.2) is 15.4 Å². The number of rotatable bonds is 0. The molecule has 0 fully saturated rings. The Kier molecular flexibility index (Phi) is 5.79. The van der Waals surface area contributed by atoms with E-state index in [-0.39, 0.29) is 0 Å². The zero-order valence-electron chi connectivity index (χ0n) is 10.1. The second kappa shape index (κ2) is 8.18. The summed E-state index contributed by atoms with van der Waals surface area (Å²) < 4.78 is 0. The van der Waals surface area contributed by atoms with E-state index < -0.39 is 0 Å². The summed E-state index contributed by atoms with van der Waals surface area (Å²) in [5.74, 6) is 0. The zero-order valence-corrected chi connectivity index (χ0v) is 11.8. The highest BCUT2D eigenvalue weighted by Gasteiger charge is 1.90. The van der Waals surface area contributed by atoms with Crippen LogP contribution in [0.5, 0.6) is 0 Å². The molecule has 4 rings (SSSR count). The Balaban J connectivity index is 0.000000114. The van der Waals surface area contributed by atoms with Crippen molar-refractivity contribution in [3.63, 3.8) is 0 Å². The first-order valence-electron chi connectivity index (χ1n) is 5.66. The summed E-state index contributed by atoms with van der Waals surface area (Å²) in [7, 11) is 0. The Morgan fingerprint density at radius 3 is 1.37 bits per heavy atom. The number of aromatic nitrogens is 3. The summed E-state index contributed by atoms with van der Waals surface area (Å²) in [5, 5.41) is 18.5. The highest BCUT2D eigenvalue weighted by atomic mass is 32.1. The smallest absolute Gasteiger partial charge is 0.112 e. The van der Waals surface area contributed by atoms with E-state index in [2.05, 4.69) is 15.4 Å². The average Bonchev–Trinajstić information content (AvgIpc) is 3.22. The molecule has 3 aromatic heterocycles. The van der Waals surface area contributed by atoms with Gasteiger partial charge in [-0.2, -0.15) is 38.1 Å². The van der Waals surface area contributed by atoms with E-state index in [4.69, 9.17) is 0 Å². The molecule has 0 aliphatic heterocycles. The van der Waals surface area contributed by atoms with Gasteiger partial charge < -0.3 is 0 Å². The fraction of sp³-hybridized carbons (Fsp3) is 0. The van der Waals surface area contributed by atoms with Crippen LogP contribution in [-0.2, 0) is 0 Å². The monoisotopic (exact) mass is 287 g/mol. The van der Waals surface area contributed by atoms with E-state index in [1.807, 2.05) is 70.1 Å². The van der Waals surface area contributed by atoms with Gasteiger partial charge in [0.1, 0.15) is 11.0 Å². The third-order valence-electron chi connectivity index (χ3n) is 2.07. The minimum Gasteiger partial charge on any atom is -0.197 e. The van der Waals surface area contributed by atoms with Crippen molar-refractivity contribution in [2.24, 2.45) is 0 Å². The van der Waals surface area contributed by atoms with Crippen molar-refractivity contribution >= 4 is 33.7 Å². The number of thiophene rings is 2. The van der Waals surface area contributed by atoms with Crippen molar-refractivity contribution < 1.29 is 0 Å². The van der Waals surface area contributed by atoms with Gasteiger partial charge in [0.25, 0.3) is 0 Å². The van der Waals surface area contributed by atoms with Gasteiger partial charge in [-0.15, -0.1) is 0 Å². The largest absolute Gasteiger partial charge is 0.197 e. The van der Waals surface area contributed by atoms with E-state index in [0.717, 1.165) is 11.0 Å². The van der Waals surface area contributed by atoms with Crippen molar-refractivity contribution in [1.82, 2.24) is 15.4 Å². The highest BCUT2D eigenvalue weighted by molar-refractivity contribution is 7.08. The number of hydrogen-bond donors (Lipinski definition) is 1. The maximum absolute atomic E-state index is 3.88. The van der Waals surface area contributed by atoms with Crippen molar-refractivity contribution in [3.8, 4) is 0 Å². The summed E-state index contributed by atoms with van der Waals surface area (Å²) in [6.07, 6.45) is 0. The van der Waals surface area contributed by atoms with Crippen molar-refractivity contribution in [2.45, 2.75) is 0 Å². The fourth-order valence-electron chi connectivity index (χ4n) is 1.24. The molecule has 5 heteroatoms. The third kappa shape index (κ3) is 5.03. The Morgan fingerprint density at radius 2 is 1.05 bits per heavy atom. The van der Waals surface area contributed by atoms with Gasteiger partial charge in [-0.05, 0) is 33.7 Å². The van der Waals surface area contributed by atoms with Gasteiger partial charge in [-0.25, -0.2) is 0 Å². The van der Waals surface area contributed by atoms with Crippen LogP contribution in [0.1, 0.15) is 0 Å². The van der Waals surface area contributed by atoms with E-state index in [0.29, 0.717) is 0 Å². The summed E-state index contributed by atoms with van der Waals surface area (Å²) in [6.45, 7) is 0. The van der Waals surface area contributed by atoms with Gasteiger partial charge in [0.15, 0.2) is 0 Å². The molecule has 0 saturated carbocycles. The summed E-state index contributed by atoms with van der Waals surface area (Å²) in [6, 6.07) is 15.8. The molecular weight excluding hydrogens is 274 g/mol. The first kappa shape index (κ1) is 13.5. The number of aromatic amines is 1. The lowest BCUT2D eigenvalue weighted by Gasteiger charge is -1.78. The molecule has 0 bridgehead atoms. The van der Waals surface area contributed by atoms with Crippen LogP contribution in [0.4, 0.5) is 0 Å². The Morgan fingerprint density at radius 1 is 0.632 bits per heavy atom. The standard InChI is InChI=1S/C6H5N3.2C4H4S/c1-2-4-6-5(3-1)7-9-8-6;2*1-2-4-5-3-1/h1-4H,(H,7,8,9);2*1-4H. The molecule has 0 spiro atoms. The van der Waals surface area contributed by atoms with Gasteiger partial charge >= 0.3 is 0 Å². The molecule has 4 aromatic rings. The maximum atomic E-state index is 3.88. The molecule has 0 aliphatic rings. The van der Waals surface area contributed by atoms with Gasteiger partial charge in [-0.1, -0.05) is 36.4 Å². The first-order chi connectivity index (χ1) is 9.47. The van der Waals surface area contributed by atoms with Gasteiger partial charge in [0.05, 0.1) is 0 Å². The lowest BCUT2D eigenvalue weighted by atomic mass is 10.3. The number of fused-ring (bicyclic) bond motifs is 1. The SMILES string of the molecule is c1ccc2n[nH]nc2c1.c1ccsc1.c1ccsc1. The molecule has 19 heavy (non-hydrogen) atoms. The van der Waals surface area contributed by atoms with Crippen LogP contribution in [0.3, 0.4) is 0 Å². The van der Waals surface area contributed by atoms with Crippen molar-refractivity contribution in [1.29, 1.82) is 0 Å². The number of hydrogen-bond acceptors (Lipinski definition) is 4. The first-order valence-corrected chi connectivity index (χ1v) is 7.55. The number of nitrogens with one attached hydrogen (secondary N) is 1. The Bertz CT molecular complexity index is 551. The average molecular weight is 287 g/mol. The molecule has 0 unspecified atom stereocenters. The molecule has 0 radical (unpaired) electrons. The fourth-order valence-corrected chi connectivity index (χ4v) is 2.15. The topological polar surface area (TPSA) is 41.6 Å². The van der Waals surface area contributed by atoms with Crippen molar-refractivity contribution in [2.75, 3.05) is 0 Å². The minimum absolute atomic E-state index is 0.914. The normalized spacial score (nSPS) is 9.05. The van der Waals surface area contributed by atoms with Gasteiger partial charge in [0.2, 0.25) is 0 Å². The second-order valence-corrected chi connectivity index (χ2v) is 5.03. The quantitative estimate of drug-likeness (QED) is 0.519. The van der Waals surface area contributed by atoms with Crippen LogP contribution < -0.4 is 0 Å². The number of nitrogens with zero attached hydrogens (tertiary/aromatic N) is 2. The molecule has 1 N–H and O–H groups in total. The summed E-state index contributed by atoms with van der Waals surface area (Å²) >= 11 is 3.43. The molecule has 0 aliphatic carbocycles. The molecule has 3 nitrogen and oxygen atoms in total. The molecule has 0 amide bonds. The number of benzene rings is 1. The summed E-state index contributed by atoms with van der Waals surface area (Å²) in [5.41, 5.74) is 1.83. The lowest BCUT2D eigenvalue weighted by Crippen LogP contribution is -1.63. The molecule has 3 heterocycles. The van der Waals surface area contributed by atoms with E-state index >= 15 is 0 Å². The predicted molar refractivity (Wildman–Crippen MR) is 82.5 cm³/mol. The van der Waals surface area contributed by atoms with Crippen LogP contribution in [0.25, 0.3) is 11.0 Å². The third-order valence-corrected chi connectivity index (χ3v) is 3.33. The van der Waals surface area contributed by atoms with E-state index in [1.165, 1.54) is 0 Å². The van der Waals surface area contributed by atoms with Crippen LogP contribution in [0, 0.1) is 0 Å². The Labute approximate surface area is 119 Å². The Hall–Kier alpha value is -1.98. The van der Waals surface area contributed by atoms with E-state index in [1.54, 1.807) is 22.7 Å². The lowest BCUT2D eigenvalue weighted by molar-refractivity contribution is 0.959. The van der Waals surface area contributed by atoms with Crippen LogP contribution in [0.15, 0.2) is 70.1 Å². The van der Waals surface area contributed by atoms with E-state index in [9.17, 15) is 0 Å². The molecule has 96 valence electrons. The zero-order chi connectivity index (χ0) is 13.2. The van der Waals surface area contributed by atoms with Gasteiger partial charge in [0, 0.05) is 0 Å². The predicted octanol–water partition coefficient (Wildman–Crippen LogP) is 4.45. The molecular formula is C14H13N3S2. The minimum atomic E-state index is 0.914. The summed E-state index contributed by atoms with van der Waals surface area (Å²) in [4.78, 5) is 0. The second-order valence-electron chi connectivity index (χ2n) is 3.40. The van der Waals surface area contributed by atoms with Gasteiger partial charge in [-0.3, -0.25) is 0 Å². The maximum Gasteiger partial charge on any atom is 0.112 e. The van der Waals surface area contributed by atoms with Crippen molar-refractivity contribution in [3.05, 3.63) is 70.1 Å². The van der Waals surface area contributed by atoms with Crippen LogP contribution in [0.2, 0.25) is 0 Å². The molecule has 1 aromatic carbocycles. The number of H-pyrrole nitrogens is 1. The van der Waals surface area contributed by atoms with Crippen LogP contribution >= 0.6 is 22.7 Å². The molecule has 0 atom stereocenters.